The minimum absolute atomic E-state index is 0.217. The molecular weight excluding hydrogens is 257 g/mol. The molecule has 0 aliphatic carbocycles. The molecule has 3 nitrogen and oxygen atoms in total. The molecule has 0 heterocycles. The molecule has 0 aliphatic heterocycles. The zero-order chi connectivity index (χ0) is 14.4. The molecule has 0 amide bonds. The van der Waals surface area contributed by atoms with Gasteiger partial charge in [0.05, 0.1) is 6.61 Å². The van der Waals surface area contributed by atoms with E-state index in [4.69, 9.17) is 9.47 Å². The van der Waals surface area contributed by atoms with Crippen LogP contribution in [0.4, 0.5) is 4.39 Å². The summed E-state index contributed by atoms with van der Waals surface area (Å²) in [7, 11) is 1.82. The maximum Gasteiger partial charge on any atom is 0.166 e. The van der Waals surface area contributed by atoms with Gasteiger partial charge in [0.15, 0.2) is 11.6 Å². The molecule has 0 unspecified atom stereocenters. The summed E-state index contributed by atoms with van der Waals surface area (Å²) < 4.78 is 24.7. The number of ether oxygens (including phenoxy) is 2. The van der Waals surface area contributed by atoms with E-state index in [1.807, 2.05) is 20.0 Å². The normalized spacial score (nSPS) is 10.3. The van der Waals surface area contributed by atoms with E-state index in [0.29, 0.717) is 18.9 Å². The highest BCUT2D eigenvalue weighted by Gasteiger charge is 2.06. The molecule has 0 aliphatic rings. The van der Waals surface area contributed by atoms with Crippen molar-refractivity contribution in [1.82, 2.24) is 5.32 Å². The molecule has 0 saturated carbocycles. The van der Waals surface area contributed by atoms with Gasteiger partial charge in [-0.25, -0.2) is 4.39 Å². The molecular formula is C16H18FNO2. The topological polar surface area (TPSA) is 30.5 Å². The van der Waals surface area contributed by atoms with E-state index in [1.54, 1.807) is 30.3 Å². The first-order chi connectivity index (χ1) is 9.72. The molecule has 2 aromatic rings. The second-order valence-electron chi connectivity index (χ2n) is 4.30. The summed E-state index contributed by atoms with van der Waals surface area (Å²) >= 11 is 0. The molecule has 2 rings (SSSR count). The summed E-state index contributed by atoms with van der Waals surface area (Å²) in [5.41, 5.74) is 0.879. The fourth-order valence-electron chi connectivity index (χ4n) is 1.84. The predicted molar refractivity (Wildman–Crippen MR) is 76.8 cm³/mol. The molecule has 4 heteroatoms. The molecule has 0 bridgehead atoms. The highest BCUT2D eigenvalue weighted by atomic mass is 19.1. The quantitative estimate of drug-likeness (QED) is 0.871. The largest absolute Gasteiger partial charge is 0.494 e. The van der Waals surface area contributed by atoms with E-state index >= 15 is 0 Å². The Kier molecular flexibility index (Phi) is 4.96. The lowest BCUT2D eigenvalue weighted by molar-refractivity contribution is 0.339. The predicted octanol–water partition coefficient (Wildman–Crippen LogP) is 3.74. The summed E-state index contributed by atoms with van der Waals surface area (Å²) in [4.78, 5) is 0. The van der Waals surface area contributed by atoms with Gasteiger partial charge in [0.25, 0.3) is 0 Å². The lowest BCUT2D eigenvalue weighted by Gasteiger charge is -2.09. The molecule has 0 atom stereocenters. The van der Waals surface area contributed by atoms with Crippen LogP contribution in [0.3, 0.4) is 0 Å². The lowest BCUT2D eigenvalue weighted by atomic mass is 10.2. The van der Waals surface area contributed by atoms with Crippen LogP contribution in [0.25, 0.3) is 0 Å². The smallest absolute Gasteiger partial charge is 0.166 e. The molecule has 0 spiro atoms. The van der Waals surface area contributed by atoms with E-state index in [2.05, 4.69) is 5.32 Å². The van der Waals surface area contributed by atoms with Crippen LogP contribution in [-0.4, -0.2) is 13.7 Å². The van der Waals surface area contributed by atoms with Crippen LogP contribution in [0.15, 0.2) is 42.5 Å². The van der Waals surface area contributed by atoms with Crippen molar-refractivity contribution in [2.24, 2.45) is 0 Å². The van der Waals surface area contributed by atoms with Crippen molar-refractivity contribution in [3.05, 3.63) is 53.8 Å². The summed E-state index contributed by atoms with van der Waals surface area (Å²) in [6.07, 6.45) is 0. The van der Waals surface area contributed by atoms with Crippen LogP contribution in [0.2, 0.25) is 0 Å². The Hall–Kier alpha value is -2.07. The SMILES string of the molecule is CCOc1ccc(Oc2ccc(CNC)cc2F)cc1. The molecule has 20 heavy (non-hydrogen) atoms. The zero-order valence-corrected chi connectivity index (χ0v) is 11.7. The highest BCUT2D eigenvalue weighted by Crippen LogP contribution is 2.26. The monoisotopic (exact) mass is 275 g/mol. The maximum atomic E-state index is 13.9. The number of benzene rings is 2. The fraction of sp³-hybridized carbons (Fsp3) is 0.250. The van der Waals surface area contributed by atoms with Crippen molar-refractivity contribution in [2.45, 2.75) is 13.5 Å². The van der Waals surface area contributed by atoms with Crippen LogP contribution >= 0.6 is 0 Å². The van der Waals surface area contributed by atoms with Gasteiger partial charge in [0.2, 0.25) is 0 Å². The minimum Gasteiger partial charge on any atom is -0.494 e. The second-order valence-corrected chi connectivity index (χ2v) is 4.30. The van der Waals surface area contributed by atoms with Gasteiger partial charge in [-0.1, -0.05) is 6.07 Å². The van der Waals surface area contributed by atoms with E-state index in [1.165, 1.54) is 6.07 Å². The Bertz CT molecular complexity index is 555. The van der Waals surface area contributed by atoms with E-state index in [9.17, 15) is 4.39 Å². The van der Waals surface area contributed by atoms with Gasteiger partial charge in [-0.15, -0.1) is 0 Å². The third-order valence-electron chi connectivity index (χ3n) is 2.74. The zero-order valence-electron chi connectivity index (χ0n) is 11.7. The van der Waals surface area contributed by atoms with E-state index in [-0.39, 0.29) is 11.6 Å². The van der Waals surface area contributed by atoms with Crippen molar-refractivity contribution >= 4 is 0 Å². The summed E-state index contributed by atoms with van der Waals surface area (Å²) in [5.74, 6) is 1.19. The number of hydrogen-bond acceptors (Lipinski definition) is 3. The number of nitrogens with one attached hydrogen (secondary N) is 1. The molecule has 1 N–H and O–H groups in total. The summed E-state index contributed by atoms with van der Waals surface area (Å²) in [6.45, 7) is 3.16. The summed E-state index contributed by atoms with van der Waals surface area (Å²) in [6, 6.07) is 12.1. The van der Waals surface area contributed by atoms with Crippen molar-refractivity contribution in [3.63, 3.8) is 0 Å². The molecule has 0 fully saturated rings. The van der Waals surface area contributed by atoms with Gasteiger partial charge in [0, 0.05) is 6.54 Å². The van der Waals surface area contributed by atoms with Crippen molar-refractivity contribution in [3.8, 4) is 17.2 Å². The molecule has 0 saturated heterocycles. The number of halogens is 1. The van der Waals surface area contributed by atoms with Crippen LogP contribution in [0, 0.1) is 5.82 Å². The average molecular weight is 275 g/mol. The van der Waals surface area contributed by atoms with Gasteiger partial charge >= 0.3 is 0 Å². The Morgan fingerprint density at radius 3 is 2.35 bits per heavy atom. The molecule has 0 aromatic heterocycles. The standard InChI is InChI=1S/C16H18FNO2/c1-3-19-13-5-7-14(8-6-13)20-16-9-4-12(11-18-2)10-15(16)17/h4-10,18H,3,11H2,1-2H3. The van der Waals surface area contributed by atoms with Gasteiger partial charge in [-0.3, -0.25) is 0 Å². The van der Waals surface area contributed by atoms with Crippen molar-refractivity contribution in [1.29, 1.82) is 0 Å². The fourth-order valence-corrected chi connectivity index (χ4v) is 1.84. The second kappa shape index (κ2) is 6.91. The Morgan fingerprint density at radius 1 is 1.05 bits per heavy atom. The number of rotatable bonds is 6. The first-order valence-corrected chi connectivity index (χ1v) is 6.56. The van der Waals surface area contributed by atoms with Crippen molar-refractivity contribution in [2.75, 3.05) is 13.7 Å². The van der Waals surface area contributed by atoms with Crippen LogP contribution in [0.1, 0.15) is 12.5 Å². The van der Waals surface area contributed by atoms with Gasteiger partial charge in [-0.2, -0.15) is 0 Å². The van der Waals surface area contributed by atoms with Crippen LogP contribution < -0.4 is 14.8 Å². The maximum absolute atomic E-state index is 13.9. The average Bonchev–Trinajstić information content (AvgIpc) is 2.44. The summed E-state index contributed by atoms with van der Waals surface area (Å²) in [5, 5.41) is 2.98. The van der Waals surface area contributed by atoms with Crippen LogP contribution in [0.5, 0.6) is 17.2 Å². The Morgan fingerprint density at radius 2 is 1.75 bits per heavy atom. The van der Waals surface area contributed by atoms with Gasteiger partial charge < -0.3 is 14.8 Å². The third-order valence-corrected chi connectivity index (χ3v) is 2.74. The molecule has 106 valence electrons. The number of hydrogen-bond donors (Lipinski definition) is 1. The minimum atomic E-state index is -0.369. The first-order valence-electron chi connectivity index (χ1n) is 6.56. The van der Waals surface area contributed by atoms with Gasteiger partial charge in [0.1, 0.15) is 11.5 Å². The van der Waals surface area contributed by atoms with Crippen molar-refractivity contribution < 1.29 is 13.9 Å². The highest BCUT2D eigenvalue weighted by molar-refractivity contribution is 5.37. The molecule has 2 aromatic carbocycles. The third kappa shape index (κ3) is 3.71. The van der Waals surface area contributed by atoms with Crippen LogP contribution in [-0.2, 0) is 6.54 Å². The first kappa shape index (κ1) is 14.3. The van der Waals surface area contributed by atoms with Gasteiger partial charge in [-0.05, 0) is 55.9 Å². The lowest BCUT2D eigenvalue weighted by Crippen LogP contribution is -2.05. The molecule has 0 radical (unpaired) electrons. The van der Waals surface area contributed by atoms with E-state index in [0.717, 1.165) is 11.3 Å². The Labute approximate surface area is 118 Å². The van der Waals surface area contributed by atoms with E-state index < -0.39 is 0 Å². The Balaban J connectivity index is 2.09.